The molecule has 1 saturated heterocycles. The highest BCUT2D eigenvalue weighted by Crippen LogP contribution is 2.29. The summed E-state index contributed by atoms with van der Waals surface area (Å²) in [7, 11) is 0. The minimum Gasteiger partial charge on any atom is -0.480 e. The number of amides is 1. The van der Waals surface area contributed by atoms with Crippen LogP contribution in [0.1, 0.15) is 23.3 Å². The molecule has 9 nitrogen and oxygen atoms in total. The van der Waals surface area contributed by atoms with Crippen LogP contribution in [0.15, 0.2) is 67.0 Å². The molecule has 1 amide bonds. The summed E-state index contributed by atoms with van der Waals surface area (Å²) in [5.41, 5.74) is 4.12. The number of aromatic nitrogens is 3. The number of nitrogens with zero attached hydrogens (tertiary/aromatic N) is 4. The second kappa shape index (κ2) is 10.3. The van der Waals surface area contributed by atoms with Gasteiger partial charge in [0, 0.05) is 35.9 Å². The normalized spacial score (nSPS) is 14.2. The average molecular weight is 505 g/mol. The maximum Gasteiger partial charge on any atom is 0.317 e. The molecule has 1 aliphatic heterocycles. The number of anilines is 2. The van der Waals surface area contributed by atoms with Crippen molar-refractivity contribution in [2.45, 2.75) is 18.9 Å². The van der Waals surface area contributed by atoms with Crippen LogP contribution in [0, 0.1) is 0 Å². The highest BCUT2D eigenvalue weighted by Gasteiger charge is 2.22. The highest BCUT2D eigenvalue weighted by molar-refractivity contribution is 6.30. The number of fused-ring (bicyclic) bond motifs is 1. The summed E-state index contributed by atoms with van der Waals surface area (Å²) in [4.78, 5) is 30.8. The van der Waals surface area contributed by atoms with Crippen LogP contribution in [-0.2, 0) is 4.79 Å². The number of carbonyl (C=O) groups excluding carboxylic acids is 1. The van der Waals surface area contributed by atoms with E-state index < -0.39 is 5.97 Å². The molecule has 1 fully saturated rings. The van der Waals surface area contributed by atoms with Crippen molar-refractivity contribution in [1.82, 2.24) is 19.9 Å². The van der Waals surface area contributed by atoms with Gasteiger partial charge in [0.15, 0.2) is 5.65 Å². The Hall–Kier alpha value is -3.95. The molecule has 184 valence electrons. The number of benzene rings is 2. The molecule has 0 atom stereocenters. The van der Waals surface area contributed by atoms with E-state index in [0.717, 1.165) is 42.7 Å². The van der Waals surface area contributed by atoms with Crippen molar-refractivity contribution in [1.29, 1.82) is 0 Å². The average Bonchev–Trinajstić information content (AvgIpc) is 3.31. The molecule has 0 saturated carbocycles. The molecule has 36 heavy (non-hydrogen) atoms. The molecule has 10 heteroatoms. The van der Waals surface area contributed by atoms with Crippen LogP contribution in [0.5, 0.6) is 0 Å². The predicted octanol–water partition coefficient (Wildman–Crippen LogP) is 3.95. The Kier molecular flexibility index (Phi) is 6.84. The summed E-state index contributed by atoms with van der Waals surface area (Å²) in [6.45, 7) is 1.48. The van der Waals surface area contributed by atoms with Crippen molar-refractivity contribution in [3.8, 4) is 11.1 Å². The van der Waals surface area contributed by atoms with E-state index in [1.807, 2.05) is 42.5 Å². The number of carboxylic acids is 1. The van der Waals surface area contributed by atoms with Gasteiger partial charge in [-0.25, -0.2) is 9.50 Å². The Morgan fingerprint density at radius 2 is 1.89 bits per heavy atom. The lowest BCUT2D eigenvalue weighted by Gasteiger charge is -2.34. The molecule has 0 radical (unpaired) electrons. The molecule has 0 aliphatic carbocycles. The first-order valence-electron chi connectivity index (χ1n) is 11.7. The summed E-state index contributed by atoms with van der Waals surface area (Å²) < 4.78 is 1.63. The third-order valence-electron chi connectivity index (χ3n) is 6.27. The second-order valence-corrected chi connectivity index (χ2v) is 9.09. The highest BCUT2D eigenvalue weighted by atomic mass is 35.5. The van der Waals surface area contributed by atoms with E-state index in [-0.39, 0.29) is 24.2 Å². The summed E-state index contributed by atoms with van der Waals surface area (Å²) in [5, 5.41) is 19.9. The number of halogens is 1. The van der Waals surface area contributed by atoms with E-state index in [9.17, 15) is 9.59 Å². The van der Waals surface area contributed by atoms with Gasteiger partial charge < -0.3 is 20.6 Å². The first-order valence-corrected chi connectivity index (χ1v) is 12.1. The number of hydrogen-bond donors (Lipinski definition) is 3. The monoisotopic (exact) mass is 504 g/mol. The van der Waals surface area contributed by atoms with Crippen molar-refractivity contribution >= 4 is 40.5 Å². The number of piperidine rings is 1. The van der Waals surface area contributed by atoms with Gasteiger partial charge in [-0.3, -0.25) is 9.59 Å². The topological polar surface area (TPSA) is 112 Å². The summed E-state index contributed by atoms with van der Waals surface area (Å²) in [5.74, 6) is -1.17. The fourth-order valence-corrected chi connectivity index (χ4v) is 4.64. The number of nitrogens with one attached hydrogen (secondary N) is 2. The maximum absolute atomic E-state index is 13.2. The first-order chi connectivity index (χ1) is 17.5. The van der Waals surface area contributed by atoms with E-state index in [0.29, 0.717) is 16.4 Å². The summed E-state index contributed by atoms with van der Waals surface area (Å²) >= 11 is 6.16. The third kappa shape index (κ3) is 5.17. The molecule has 1 aliphatic rings. The van der Waals surface area contributed by atoms with Gasteiger partial charge in [0.1, 0.15) is 5.69 Å². The molecule has 4 aromatic rings. The second-order valence-electron chi connectivity index (χ2n) is 8.66. The molecule has 5 rings (SSSR count). The van der Waals surface area contributed by atoms with Gasteiger partial charge in [0.05, 0.1) is 24.1 Å². The fourth-order valence-electron chi connectivity index (χ4n) is 4.45. The Bertz CT molecular complexity index is 1410. The number of para-hydroxylation sites is 2. The lowest BCUT2D eigenvalue weighted by atomic mass is 10.0. The van der Waals surface area contributed by atoms with E-state index in [1.165, 1.54) is 0 Å². The standard InChI is InChI=1S/C26H25ClN6O3/c27-18-5-3-4-17(14-18)20-15-29-33-13-10-22(30-25(20)33)26(36)31-21-6-1-2-7-23(21)32-11-8-19(9-12-32)28-16-24(34)35/h1-7,10,13-15,19,28H,8-9,11-12,16H2,(H,31,36)(H,34,35). The van der Waals surface area contributed by atoms with Crippen LogP contribution >= 0.6 is 11.6 Å². The number of carboxylic acid groups (broad SMARTS) is 1. The number of rotatable bonds is 7. The predicted molar refractivity (Wildman–Crippen MR) is 139 cm³/mol. The van der Waals surface area contributed by atoms with Crippen molar-refractivity contribution in [2.24, 2.45) is 0 Å². The van der Waals surface area contributed by atoms with E-state index in [2.05, 4.69) is 25.6 Å². The number of carbonyl (C=O) groups is 2. The van der Waals surface area contributed by atoms with Gasteiger partial charge in [-0.05, 0) is 48.7 Å². The van der Waals surface area contributed by atoms with Crippen molar-refractivity contribution in [3.05, 3.63) is 77.7 Å². The van der Waals surface area contributed by atoms with Gasteiger partial charge >= 0.3 is 5.97 Å². The smallest absolute Gasteiger partial charge is 0.317 e. The first kappa shape index (κ1) is 23.8. The fraction of sp³-hybridized carbons (Fsp3) is 0.231. The molecule has 2 aromatic heterocycles. The lowest BCUT2D eigenvalue weighted by molar-refractivity contribution is -0.136. The van der Waals surface area contributed by atoms with Crippen LogP contribution < -0.4 is 15.5 Å². The van der Waals surface area contributed by atoms with Gasteiger partial charge in [-0.2, -0.15) is 5.10 Å². The van der Waals surface area contributed by atoms with Crippen LogP contribution in [-0.4, -0.2) is 57.3 Å². The zero-order valence-electron chi connectivity index (χ0n) is 19.4. The van der Waals surface area contributed by atoms with Gasteiger partial charge in [-0.15, -0.1) is 0 Å². The zero-order chi connectivity index (χ0) is 25.1. The Morgan fingerprint density at radius 1 is 1.08 bits per heavy atom. The Labute approximate surface area is 212 Å². The maximum atomic E-state index is 13.2. The van der Waals surface area contributed by atoms with Crippen LogP contribution in [0.3, 0.4) is 0 Å². The molecule has 3 heterocycles. The number of hydrogen-bond acceptors (Lipinski definition) is 6. The zero-order valence-corrected chi connectivity index (χ0v) is 20.2. The van der Waals surface area contributed by atoms with E-state index in [4.69, 9.17) is 16.7 Å². The summed E-state index contributed by atoms with van der Waals surface area (Å²) in [6.07, 6.45) is 5.06. The van der Waals surface area contributed by atoms with Gasteiger partial charge in [0.25, 0.3) is 5.91 Å². The quantitative estimate of drug-likeness (QED) is 0.349. The van der Waals surface area contributed by atoms with Gasteiger partial charge in [-0.1, -0.05) is 35.9 Å². The molecule has 0 spiro atoms. The summed E-state index contributed by atoms with van der Waals surface area (Å²) in [6, 6.07) is 16.9. The SMILES string of the molecule is O=C(O)CNC1CCN(c2ccccc2NC(=O)c2ccn3ncc(-c4cccc(Cl)c4)c3n2)CC1. The van der Waals surface area contributed by atoms with Crippen molar-refractivity contribution in [2.75, 3.05) is 29.9 Å². The Balaban J connectivity index is 1.33. The minimum absolute atomic E-state index is 0.0368. The number of aliphatic carboxylic acids is 1. The molecular weight excluding hydrogens is 480 g/mol. The molecule has 0 unspecified atom stereocenters. The molecule has 0 bridgehead atoms. The molecule has 2 aromatic carbocycles. The minimum atomic E-state index is -0.854. The largest absolute Gasteiger partial charge is 0.480 e. The molecule has 3 N–H and O–H groups in total. The Morgan fingerprint density at radius 3 is 2.67 bits per heavy atom. The van der Waals surface area contributed by atoms with E-state index in [1.54, 1.807) is 29.0 Å². The van der Waals surface area contributed by atoms with Gasteiger partial charge in [0.2, 0.25) is 0 Å². The van der Waals surface area contributed by atoms with Crippen molar-refractivity contribution < 1.29 is 14.7 Å². The third-order valence-corrected chi connectivity index (χ3v) is 6.50. The van der Waals surface area contributed by atoms with E-state index >= 15 is 0 Å². The van der Waals surface area contributed by atoms with Crippen LogP contribution in [0.4, 0.5) is 11.4 Å². The molecular formula is C26H25ClN6O3. The van der Waals surface area contributed by atoms with Crippen LogP contribution in [0.25, 0.3) is 16.8 Å². The van der Waals surface area contributed by atoms with Crippen LogP contribution in [0.2, 0.25) is 5.02 Å². The van der Waals surface area contributed by atoms with Crippen molar-refractivity contribution in [3.63, 3.8) is 0 Å². The lowest BCUT2D eigenvalue weighted by Crippen LogP contribution is -2.44.